The highest BCUT2D eigenvalue weighted by molar-refractivity contribution is 5.79. The van der Waals surface area contributed by atoms with Crippen molar-refractivity contribution in [3.05, 3.63) is 29.8 Å². The molecule has 0 aliphatic rings. The van der Waals surface area contributed by atoms with E-state index in [1.807, 2.05) is 0 Å². The maximum Gasteiger partial charge on any atom is 0.234 e. The number of nitrogens with two attached hydrogens (primary N) is 2. The molecule has 1 unspecified atom stereocenters. The topological polar surface area (TPSA) is 89.3 Å². The summed E-state index contributed by atoms with van der Waals surface area (Å²) in [6, 6.07) is 5.84. The summed E-state index contributed by atoms with van der Waals surface area (Å²) in [7, 11) is 0. The van der Waals surface area contributed by atoms with E-state index in [1.165, 1.54) is 6.42 Å². The SMILES string of the molecule is CCC.NC(=O)C(N)Cc1ccc(O)cc1. The molecule has 0 aliphatic carbocycles. The zero-order valence-corrected chi connectivity index (χ0v) is 9.81. The third-order valence-corrected chi connectivity index (χ3v) is 1.76. The fraction of sp³-hybridized carbons (Fsp3) is 0.417. The van der Waals surface area contributed by atoms with Crippen molar-refractivity contribution < 1.29 is 9.90 Å². The van der Waals surface area contributed by atoms with Crippen LogP contribution >= 0.6 is 0 Å². The molecule has 0 bridgehead atoms. The molecule has 0 aromatic heterocycles. The summed E-state index contributed by atoms with van der Waals surface area (Å²) in [6.07, 6.45) is 1.65. The molecule has 5 N–H and O–H groups in total. The number of phenolic OH excluding ortho intramolecular Hbond substituents is 1. The van der Waals surface area contributed by atoms with E-state index in [0.717, 1.165) is 5.56 Å². The second kappa shape index (κ2) is 7.70. The molecule has 1 rings (SSSR count). The lowest BCUT2D eigenvalue weighted by atomic mass is 10.1. The lowest BCUT2D eigenvalue weighted by molar-refractivity contribution is -0.119. The molecule has 4 nitrogen and oxygen atoms in total. The molecule has 0 radical (unpaired) electrons. The van der Waals surface area contributed by atoms with Gasteiger partial charge in [0.2, 0.25) is 5.91 Å². The maximum atomic E-state index is 10.6. The van der Waals surface area contributed by atoms with Crippen molar-refractivity contribution in [3.63, 3.8) is 0 Å². The number of benzene rings is 1. The summed E-state index contributed by atoms with van der Waals surface area (Å²) in [6.45, 7) is 4.25. The molecule has 16 heavy (non-hydrogen) atoms. The minimum absolute atomic E-state index is 0.191. The van der Waals surface area contributed by atoms with E-state index in [4.69, 9.17) is 16.6 Å². The summed E-state index contributed by atoms with van der Waals surface area (Å²) in [5, 5.41) is 8.98. The summed E-state index contributed by atoms with van der Waals surface area (Å²) in [5.74, 6) is -0.329. The van der Waals surface area contributed by atoms with Gasteiger partial charge in [-0.3, -0.25) is 4.79 Å². The van der Waals surface area contributed by atoms with E-state index in [-0.39, 0.29) is 5.75 Å². The zero-order chi connectivity index (χ0) is 12.6. The Morgan fingerprint density at radius 1 is 1.31 bits per heavy atom. The fourth-order valence-electron chi connectivity index (χ4n) is 0.987. The van der Waals surface area contributed by atoms with Gasteiger partial charge in [-0.15, -0.1) is 0 Å². The average molecular weight is 224 g/mol. The van der Waals surface area contributed by atoms with Gasteiger partial charge in [-0.2, -0.15) is 0 Å². The van der Waals surface area contributed by atoms with Crippen LogP contribution in [0.15, 0.2) is 24.3 Å². The number of hydrogen-bond donors (Lipinski definition) is 3. The Morgan fingerprint density at radius 3 is 2.12 bits per heavy atom. The Kier molecular flexibility index (Phi) is 6.96. The fourth-order valence-corrected chi connectivity index (χ4v) is 0.987. The first-order valence-corrected chi connectivity index (χ1v) is 5.34. The molecule has 1 aromatic carbocycles. The summed E-state index contributed by atoms with van der Waals surface area (Å²) in [4.78, 5) is 10.6. The van der Waals surface area contributed by atoms with Crippen LogP contribution in [-0.4, -0.2) is 17.1 Å². The number of phenols is 1. The molecule has 0 heterocycles. The first kappa shape index (κ1) is 14.5. The number of rotatable bonds is 3. The lowest BCUT2D eigenvalue weighted by Gasteiger charge is -2.06. The molecule has 1 amide bonds. The predicted octanol–water partition coefficient (Wildman–Crippen LogP) is 1.16. The molecule has 90 valence electrons. The second-order valence-electron chi connectivity index (χ2n) is 3.59. The van der Waals surface area contributed by atoms with Crippen molar-refractivity contribution >= 4 is 5.91 Å². The van der Waals surface area contributed by atoms with Gasteiger partial charge in [-0.1, -0.05) is 32.4 Å². The molecule has 1 aromatic rings. The maximum absolute atomic E-state index is 10.6. The highest BCUT2D eigenvalue weighted by Gasteiger charge is 2.09. The largest absolute Gasteiger partial charge is 0.508 e. The summed E-state index contributed by atoms with van der Waals surface area (Å²) in [5.41, 5.74) is 11.3. The van der Waals surface area contributed by atoms with Gasteiger partial charge in [-0.05, 0) is 24.1 Å². The van der Waals surface area contributed by atoms with Gasteiger partial charge in [0.1, 0.15) is 5.75 Å². The second-order valence-corrected chi connectivity index (χ2v) is 3.59. The van der Waals surface area contributed by atoms with Crippen LogP contribution in [0.3, 0.4) is 0 Å². The zero-order valence-electron chi connectivity index (χ0n) is 9.81. The first-order chi connectivity index (χ1) is 7.51. The number of carbonyl (C=O) groups is 1. The Bertz CT molecular complexity index is 309. The summed E-state index contributed by atoms with van der Waals surface area (Å²) >= 11 is 0. The Morgan fingerprint density at radius 2 is 1.75 bits per heavy atom. The highest BCUT2D eigenvalue weighted by Crippen LogP contribution is 2.10. The van der Waals surface area contributed by atoms with E-state index in [9.17, 15) is 4.79 Å². The van der Waals surface area contributed by atoms with Crippen LogP contribution in [0.25, 0.3) is 0 Å². The quantitative estimate of drug-likeness (QED) is 0.719. The van der Waals surface area contributed by atoms with Gasteiger partial charge >= 0.3 is 0 Å². The number of primary amides is 1. The van der Waals surface area contributed by atoms with Gasteiger partial charge in [0.15, 0.2) is 0 Å². The number of amides is 1. The van der Waals surface area contributed by atoms with Gasteiger partial charge in [-0.25, -0.2) is 0 Å². The standard InChI is InChI=1S/C9H12N2O2.C3H8/c10-8(9(11)13)5-6-1-3-7(12)4-2-6;1-3-2/h1-4,8,12H,5,10H2,(H2,11,13);3H2,1-2H3. The molecular formula is C12H20N2O2. The number of aromatic hydroxyl groups is 1. The molecule has 0 fully saturated rings. The van der Waals surface area contributed by atoms with E-state index >= 15 is 0 Å². The Hall–Kier alpha value is -1.55. The first-order valence-electron chi connectivity index (χ1n) is 5.34. The molecule has 0 spiro atoms. The summed E-state index contributed by atoms with van der Waals surface area (Å²) < 4.78 is 0. The molecule has 0 saturated carbocycles. The normalized spacial score (nSPS) is 11.2. The van der Waals surface area contributed by atoms with Crippen molar-refractivity contribution in [2.75, 3.05) is 0 Å². The van der Waals surface area contributed by atoms with E-state index in [1.54, 1.807) is 24.3 Å². The van der Waals surface area contributed by atoms with Gasteiger partial charge in [0.25, 0.3) is 0 Å². The highest BCUT2D eigenvalue weighted by atomic mass is 16.3. The van der Waals surface area contributed by atoms with Crippen molar-refractivity contribution in [1.29, 1.82) is 0 Å². The van der Waals surface area contributed by atoms with Crippen molar-refractivity contribution in [2.45, 2.75) is 32.7 Å². The van der Waals surface area contributed by atoms with E-state index < -0.39 is 11.9 Å². The van der Waals surface area contributed by atoms with E-state index in [2.05, 4.69) is 13.8 Å². The van der Waals surface area contributed by atoms with Gasteiger partial charge in [0, 0.05) is 0 Å². The Labute approximate surface area is 96.3 Å². The predicted molar refractivity (Wildman–Crippen MR) is 64.9 cm³/mol. The van der Waals surface area contributed by atoms with Crippen LogP contribution in [0.4, 0.5) is 0 Å². The van der Waals surface area contributed by atoms with Crippen molar-refractivity contribution in [1.82, 2.24) is 0 Å². The molecule has 0 saturated heterocycles. The van der Waals surface area contributed by atoms with Gasteiger partial charge < -0.3 is 16.6 Å². The smallest absolute Gasteiger partial charge is 0.234 e. The molecular weight excluding hydrogens is 204 g/mol. The van der Waals surface area contributed by atoms with Crippen LogP contribution in [-0.2, 0) is 11.2 Å². The minimum atomic E-state index is -0.662. The lowest BCUT2D eigenvalue weighted by Crippen LogP contribution is -2.38. The minimum Gasteiger partial charge on any atom is -0.508 e. The van der Waals surface area contributed by atoms with Crippen molar-refractivity contribution in [2.24, 2.45) is 11.5 Å². The van der Waals surface area contributed by atoms with Crippen molar-refractivity contribution in [3.8, 4) is 5.75 Å². The molecule has 4 heteroatoms. The average Bonchev–Trinajstić information content (AvgIpc) is 2.22. The molecule has 1 atom stereocenters. The number of hydrogen-bond acceptors (Lipinski definition) is 3. The third-order valence-electron chi connectivity index (χ3n) is 1.76. The third kappa shape index (κ3) is 6.03. The molecule has 0 aliphatic heterocycles. The van der Waals surface area contributed by atoms with Crippen LogP contribution in [0.2, 0.25) is 0 Å². The van der Waals surface area contributed by atoms with Crippen LogP contribution in [0, 0.1) is 0 Å². The Balaban J connectivity index is 0.000000673. The monoisotopic (exact) mass is 224 g/mol. The van der Waals surface area contributed by atoms with E-state index in [0.29, 0.717) is 6.42 Å². The van der Waals surface area contributed by atoms with Crippen LogP contribution in [0.1, 0.15) is 25.8 Å². The van der Waals surface area contributed by atoms with Gasteiger partial charge in [0.05, 0.1) is 6.04 Å². The van der Waals surface area contributed by atoms with Crippen LogP contribution < -0.4 is 11.5 Å². The number of carbonyl (C=O) groups excluding carboxylic acids is 1. The van der Waals surface area contributed by atoms with Crippen LogP contribution in [0.5, 0.6) is 5.75 Å².